The Morgan fingerprint density at radius 3 is 3.19 bits per heavy atom. The summed E-state index contributed by atoms with van der Waals surface area (Å²) in [4.78, 5) is 17.3. The van der Waals surface area contributed by atoms with Crippen LogP contribution in [-0.4, -0.2) is 23.5 Å². The molecule has 1 aromatic rings. The van der Waals surface area contributed by atoms with Crippen molar-refractivity contribution >= 4 is 11.7 Å². The predicted molar refractivity (Wildman–Crippen MR) is 58.5 cm³/mol. The summed E-state index contributed by atoms with van der Waals surface area (Å²) in [7, 11) is 0. The van der Waals surface area contributed by atoms with Crippen LogP contribution in [0.4, 0.5) is 5.82 Å². The molecule has 16 heavy (non-hydrogen) atoms. The van der Waals surface area contributed by atoms with E-state index < -0.39 is 0 Å². The van der Waals surface area contributed by atoms with Crippen LogP contribution < -0.4 is 10.6 Å². The lowest BCUT2D eigenvalue weighted by atomic mass is 10.2. The number of pyridine rings is 1. The Labute approximate surface area is 93.5 Å². The van der Waals surface area contributed by atoms with Crippen LogP contribution in [0.15, 0.2) is 18.3 Å². The quantitative estimate of drug-likeness (QED) is 0.776. The van der Waals surface area contributed by atoms with Crippen molar-refractivity contribution in [2.45, 2.75) is 18.9 Å². The van der Waals surface area contributed by atoms with E-state index in [-0.39, 0.29) is 11.9 Å². The molecule has 5 heteroatoms. The number of nitriles is 1. The van der Waals surface area contributed by atoms with Crippen molar-refractivity contribution in [2.24, 2.45) is 5.73 Å². The molecular formula is C11H12N4O. The molecular weight excluding hydrogens is 204 g/mol. The molecule has 1 amide bonds. The first-order valence-corrected chi connectivity index (χ1v) is 5.14. The second-order valence-electron chi connectivity index (χ2n) is 3.77. The smallest absolute Gasteiger partial charge is 0.240 e. The molecule has 0 radical (unpaired) electrons. The van der Waals surface area contributed by atoms with Gasteiger partial charge in [-0.2, -0.15) is 5.26 Å². The second-order valence-corrected chi connectivity index (χ2v) is 3.77. The minimum absolute atomic E-state index is 0.290. The maximum atomic E-state index is 11.2. The van der Waals surface area contributed by atoms with Crippen LogP contribution >= 0.6 is 0 Å². The van der Waals surface area contributed by atoms with Crippen LogP contribution in [0.3, 0.4) is 0 Å². The molecule has 0 bridgehead atoms. The number of amides is 1. The van der Waals surface area contributed by atoms with Crippen molar-refractivity contribution in [2.75, 3.05) is 11.4 Å². The number of primary amides is 1. The third-order valence-corrected chi connectivity index (χ3v) is 2.75. The van der Waals surface area contributed by atoms with E-state index in [1.165, 1.54) is 0 Å². The number of carbonyl (C=O) groups is 1. The summed E-state index contributed by atoms with van der Waals surface area (Å²) in [5.41, 5.74) is 5.86. The van der Waals surface area contributed by atoms with Crippen LogP contribution in [0.25, 0.3) is 0 Å². The topological polar surface area (TPSA) is 83.0 Å². The van der Waals surface area contributed by atoms with E-state index in [4.69, 9.17) is 11.0 Å². The molecule has 1 unspecified atom stereocenters. The number of rotatable bonds is 2. The van der Waals surface area contributed by atoms with Crippen LogP contribution in [0.2, 0.25) is 0 Å². The first kappa shape index (κ1) is 10.4. The molecule has 1 aliphatic rings. The monoisotopic (exact) mass is 216 g/mol. The zero-order valence-corrected chi connectivity index (χ0v) is 8.76. The molecule has 2 rings (SSSR count). The molecule has 1 aliphatic heterocycles. The molecule has 2 N–H and O–H groups in total. The normalized spacial score (nSPS) is 19.4. The predicted octanol–water partition coefficient (Wildman–Crippen LogP) is 0.407. The van der Waals surface area contributed by atoms with Crippen LogP contribution in [-0.2, 0) is 4.79 Å². The minimum Gasteiger partial charge on any atom is -0.368 e. The Kier molecular flexibility index (Phi) is 2.73. The third-order valence-electron chi connectivity index (χ3n) is 2.75. The Balaban J connectivity index is 2.29. The van der Waals surface area contributed by atoms with Gasteiger partial charge in [0.25, 0.3) is 0 Å². The van der Waals surface area contributed by atoms with E-state index in [9.17, 15) is 4.79 Å². The zero-order chi connectivity index (χ0) is 11.5. The number of nitrogens with zero attached hydrogens (tertiary/aromatic N) is 3. The van der Waals surface area contributed by atoms with Crippen LogP contribution in [0.5, 0.6) is 0 Å². The average molecular weight is 216 g/mol. The molecule has 1 aromatic heterocycles. The van der Waals surface area contributed by atoms with Crippen molar-refractivity contribution in [1.29, 1.82) is 5.26 Å². The molecule has 0 aromatic carbocycles. The van der Waals surface area contributed by atoms with E-state index in [2.05, 4.69) is 11.1 Å². The van der Waals surface area contributed by atoms with Gasteiger partial charge in [-0.05, 0) is 25.0 Å². The SMILES string of the molecule is N#Cc1ccnc(N2CCCC2C(N)=O)c1. The van der Waals surface area contributed by atoms with Gasteiger partial charge in [-0.1, -0.05) is 0 Å². The van der Waals surface area contributed by atoms with Crippen molar-refractivity contribution in [1.82, 2.24) is 4.98 Å². The van der Waals surface area contributed by atoms with E-state index >= 15 is 0 Å². The Bertz CT molecular complexity index is 452. The van der Waals surface area contributed by atoms with Crippen molar-refractivity contribution in [3.63, 3.8) is 0 Å². The number of anilines is 1. The van der Waals surface area contributed by atoms with Gasteiger partial charge in [-0.3, -0.25) is 4.79 Å². The fourth-order valence-electron chi connectivity index (χ4n) is 1.98. The summed E-state index contributed by atoms with van der Waals surface area (Å²) in [5, 5.41) is 8.79. The number of carbonyl (C=O) groups excluding carboxylic acids is 1. The largest absolute Gasteiger partial charge is 0.368 e. The molecule has 2 heterocycles. The highest BCUT2D eigenvalue weighted by Gasteiger charge is 2.29. The molecule has 0 saturated carbocycles. The lowest BCUT2D eigenvalue weighted by Crippen LogP contribution is -2.40. The molecule has 1 atom stereocenters. The minimum atomic E-state index is -0.332. The summed E-state index contributed by atoms with van der Waals surface area (Å²) in [6, 6.07) is 5.08. The Morgan fingerprint density at radius 2 is 2.50 bits per heavy atom. The maximum absolute atomic E-state index is 11.2. The summed E-state index contributed by atoms with van der Waals surface area (Å²) in [6.45, 7) is 0.759. The van der Waals surface area contributed by atoms with Crippen molar-refractivity contribution in [3.8, 4) is 6.07 Å². The molecule has 0 aliphatic carbocycles. The Morgan fingerprint density at radius 1 is 1.69 bits per heavy atom. The van der Waals surface area contributed by atoms with E-state index in [1.807, 2.05) is 4.90 Å². The molecule has 1 saturated heterocycles. The third kappa shape index (κ3) is 1.82. The van der Waals surface area contributed by atoms with Gasteiger partial charge in [0.1, 0.15) is 11.9 Å². The molecule has 0 spiro atoms. The highest BCUT2D eigenvalue weighted by atomic mass is 16.1. The maximum Gasteiger partial charge on any atom is 0.240 e. The first-order valence-electron chi connectivity index (χ1n) is 5.14. The average Bonchev–Trinajstić information content (AvgIpc) is 2.78. The Hall–Kier alpha value is -2.09. The molecule has 5 nitrogen and oxygen atoms in total. The van der Waals surface area contributed by atoms with Gasteiger partial charge in [0.2, 0.25) is 5.91 Å². The first-order chi connectivity index (χ1) is 7.72. The van der Waals surface area contributed by atoms with E-state index in [0.717, 1.165) is 19.4 Å². The lowest BCUT2D eigenvalue weighted by molar-refractivity contribution is -0.119. The van der Waals surface area contributed by atoms with Gasteiger partial charge >= 0.3 is 0 Å². The van der Waals surface area contributed by atoms with E-state index in [0.29, 0.717) is 11.4 Å². The lowest BCUT2D eigenvalue weighted by Gasteiger charge is -2.23. The van der Waals surface area contributed by atoms with Crippen LogP contribution in [0, 0.1) is 11.3 Å². The fourth-order valence-corrected chi connectivity index (χ4v) is 1.98. The standard InChI is InChI=1S/C11H12N4O/c12-7-8-3-4-14-10(6-8)15-5-1-2-9(15)11(13)16/h3-4,6,9H,1-2,5H2,(H2,13,16). The van der Waals surface area contributed by atoms with Gasteiger partial charge in [0.05, 0.1) is 11.6 Å². The highest BCUT2D eigenvalue weighted by molar-refractivity contribution is 5.83. The van der Waals surface area contributed by atoms with Crippen molar-refractivity contribution in [3.05, 3.63) is 23.9 Å². The summed E-state index contributed by atoms with van der Waals surface area (Å²) >= 11 is 0. The van der Waals surface area contributed by atoms with Gasteiger partial charge < -0.3 is 10.6 Å². The zero-order valence-electron chi connectivity index (χ0n) is 8.76. The summed E-state index contributed by atoms with van der Waals surface area (Å²) in [5.74, 6) is 0.321. The number of aromatic nitrogens is 1. The molecule has 1 fully saturated rings. The number of hydrogen-bond acceptors (Lipinski definition) is 4. The molecule has 82 valence electrons. The van der Waals surface area contributed by atoms with Crippen molar-refractivity contribution < 1.29 is 4.79 Å². The summed E-state index contributed by atoms with van der Waals surface area (Å²) in [6.07, 6.45) is 3.25. The van der Waals surface area contributed by atoms with E-state index in [1.54, 1.807) is 18.3 Å². The number of nitrogens with two attached hydrogens (primary N) is 1. The van der Waals surface area contributed by atoms with Gasteiger partial charge in [-0.15, -0.1) is 0 Å². The summed E-state index contributed by atoms with van der Waals surface area (Å²) < 4.78 is 0. The van der Waals surface area contributed by atoms with Crippen LogP contribution in [0.1, 0.15) is 18.4 Å². The van der Waals surface area contributed by atoms with Gasteiger partial charge in [0.15, 0.2) is 0 Å². The second kappa shape index (κ2) is 4.19. The number of hydrogen-bond donors (Lipinski definition) is 1. The van der Waals surface area contributed by atoms with Gasteiger partial charge in [0, 0.05) is 12.7 Å². The fraction of sp³-hybridized carbons (Fsp3) is 0.364. The highest BCUT2D eigenvalue weighted by Crippen LogP contribution is 2.23. The van der Waals surface area contributed by atoms with Gasteiger partial charge in [-0.25, -0.2) is 4.98 Å².